The fourth-order valence-electron chi connectivity index (χ4n) is 2.67. The van der Waals surface area contributed by atoms with Gasteiger partial charge in [0.05, 0.1) is 11.4 Å². The van der Waals surface area contributed by atoms with Crippen molar-refractivity contribution in [3.8, 4) is 0 Å². The van der Waals surface area contributed by atoms with Gasteiger partial charge in [0.25, 0.3) is 0 Å². The van der Waals surface area contributed by atoms with Crippen molar-refractivity contribution in [3.05, 3.63) is 54.1 Å². The summed E-state index contributed by atoms with van der Waals surface area (Å²) in [6.07, 6.45) is 5.98. The van der Waals surface area contributed by atoms with Gasteiger partial charge >= 0.3 is 0 Å². The Morgan fingerprint density at radius 1 is 1.05 bits per heavy atom. The number of piperazine rings is 1. The Bertz CT molecular complexity index is 613. The molecule has 1 aromatic carbocycles. The highest BCUT2D eigenvalue weighted by Crippen LogP contribution is 2.21. The molecule has 0 spiro atoms. The van der Waals surface area contributed by atoms with E-state index < -0.39 is 5.82 Å². The Morgan fingerprint density at radius 3 is 2.59 bits per heavy atom. The van der Waals surface area contributed by atoms with E-state index in [-0.39, 0.29) is 5.82 Å². The third kappa shape index (κ3) is 3.57. The lowest BCUT2D eigenvalue weighted by Crippen LogP contribution is -2.47. The summed E-state index contributed by atoms with van der Waals surface area (Å²) in [5.41, 5.74) is 1.33. The molecule has 1 aliphatic rings. The third-order valence-electron chi connectivity index (χ3n) is 3.92. The molecule has 3 rings (SSSR count). The molecule has 0 amide bonds. The maximum atomic E-state index is 13.8. The van der Waals surface area contributed by atoms with Gasteiger partial charge in [0, 0.05) is 63.8 Å². The molecule has 2 aromatic rings. The average Bonchev–Trinajstić information content (AvgIpc) is 2.57. The molecule has 1 fully saturated rings. The molecule has 22 heavy (non-hydrogen) atoms. The predicted molar refractivity (Wildman–Crippen MR) is 80.7 cm³/mol. The molecule has 0 aliphatic carbocycles. The minimum absolute atomic E-state index is 0.355. The Kier molecular flexibility index (Phi) is 4.58. The number of benzene rings is 1. The van der Waals surface area contributed by atoms with E-state index in [1.54, 1.807) is 18.6 Å². The van der Waals surface area contributed by atoms with Gasteiger partial charge in [-0.3, -0.25) is 14.9 Å². The Morgan fingerprint density at radius 2 is 1.86 bits per heavy atom. The van der Waals surface area contributed by atoms with Gasteiger partial charge in [-0.1, -0.05) is 0 Å². The van der Waals surface area contributed by atoms with Gasteiger partial charge in [0.15, 0.2) is 0 Å². The average molecular weight is 304 g/mol. The first kappa shape index (κ1) is 14.8. The van der Waals surface area contributed by atoms with Crippen molar-refractivity contribution in [2.75, 3.05) is 37.6 Å². The first-order chi connectivity index (χ1) is 10.7. The van der Waals surface area contributed by atoms with Crippen molar-refractivity contribution in [2.45, 2.75) is 6.42 Å². The zero-order chi connectivity index (χ0) is 15.4. The number of aromatic nitrogens is 2. The van der Waals surface area contributed by atoms with Crippen molar-refractivity contribution in [1.29, 1.82) is 0 Å². The molecule has 1 saturated heterocycles. The van der Waals surface area contributed by atoms with Crippen LogP contribution in [0.1, 0.15) is 5.69 Å². The zero-order valence-corrected chi connectivity index (χ0v) is 12.3. The molecule has 0 atom stereocenters. The highest BCUT2D eigenvalue weighted by molar-refractivity contribution is 5.48. The number of rotatable bonds is 4. The first-order valence-corrected chi connectivity index (χ1v) is 7.39. The second-order valence-electron chi connectivity index (χ2n) is 5.37. The van der Waals surface area contributed by atoms with Crippen LogP contribution in [0.3, 0.4) is 0 Å². The van der Waals surface area contributed by atoms with Crippen LogP contribution in [0.4, 0.5) is 14.5 Å². The van der Waals surface area contributed by atoms with E-state index in [9.17, 15) is 8.78 Å². The summed E-state index contributed by atoms with van der Waals surface area (Å²) in [4.78, 5) is 12.5. The van der Waals surface area contributed by atoms with Crippen LogP contribution in [0.15, 0.2) is 36.8 Å². The number of hydrogen-bond donors (Lipinski definition) is 0. The second-order valence-corrected chi connectivity index (χ2v) is 5.37. The monoisotopic (exact) mass is 304 g/mol. The second kappa shape index (κ2) is 6.79. The van der Waals surface area contributed by atoms with E-state index in [1.807, 2.05) is 4.90 Å². The molecule has 0 bridgehead atoms. The molecular formula is C16H18F2N4. The zero-order valence-electron chi connectivity index (χ0n) is 12.3. The van der Waals surface area contributed by atoms with Gasteiger partial charge in [-0.15, -0.1) is 0 Å². The molecule has 0 saturated carbocycles. The molecule has 6 heteroatoms. The summed E-state index contributed by atoms with van der Waals surface area (Å²) in [5, 5.41) is 0. The van der Waals surface area contributed by atoms with Gasteiger partial charge < -0.3 is 4.90 Å². The predicted octanol–water partition coefficient (Wildman–Crippen LogP) is 2.12. The first-order valence-electron chi connectivity index (χ1n) is 7.39. The normalized spacial score (nSPS) is 16.0. The molecule has 1 aliphatic heterocycles. The summed E-state index contributed by atoms with van der Waals surface area (Å²) in [6, 6.07) is 3.60. The third-order valence-corrected chi connectivity index (χ3v) is 3.92. The van der Waals surface area contributed by atoms with Crippen molar-refractivity contribution >= 4 is 5.69 Å². The van der Waals surface area contributed by atoms with Crippen LogP contribution in [0.25, 0.3) is 0 Å². The summed E-state index contributed by atoms with van der Waals surface area (Å²) < 4.78 is 27.1. The minimum atomic E-state index is -0.401. The SMILES string of the molecule is Fc1ccc(F)c(N2CCN(CCc3cnccn3)CC2)c1. The largest absolute Gasteiger partial charge is 0.367 e. The van der Waals surface area contributed by atoms with Crippen LogP contribution in [-0.2, 0) is 6.42 Å². The lowest BCUT2D eigenvalue weighted by Gasteiger charge is -2.36. The number of hydrogen-bond acceptors (Lipinski definition) is 4. The van der Waals surface area contributed by atoms with Gasteiger partial charge in [0.2, 0.25) is 0 Å². The van der Waals surface area contributed by atoms with E-state index >= 15 is 0 Å². The standard InChI is InChI=1S/C16H18F2N4/c17-13-1-2-15(18)16(11-13)22-9-7-21(8-10-22)6-3-14-12-19-4-5-20-14/h1-2,4-5,11-12H,3,6-10H2. The summed E-state index contributed by atoms with van der Waals surface area (Å²) in [6.45, 7) is 3.95. The van der Waals surface area contributed by atoms with Crippen LogP contribution in [0, 0.1) is 11.6 Å². The quantitative estimate of drug-likeness (QED) is 0.866. The van der Waals surface area contributed by atoms with Crippen LogP contribution < -0.4 is 4.90 Å². The Labute approximate surface area is 128 Å². The van der Waals surface area contributed by atoms with Crippen LogP contribution in [0.5, 0.6) is 0 Å². The highest BCUT2D eigenvalue weighted by Gasteiger charge is 2.19. The highest BCUT2D eigenvalue weighted by atomic mass is 19.1. The van der Waals surface area contributed by atoms with Crippen molar-refractivity contribution in [1.82, 2.24) is 14.9 Å². The molecule has 0 N–H and O–H groups in total. The molecule has 0 radical (unpaired) electrons. The van der Waals surface area contributed by atoms with Crippen molar-refractivity contribution < 1.29 is 8.78 Å². The van der Waals surface area contributed by atoms with Crippen LogP contribution in [-0.4, -0.2) is 47.6 Å². The number of anilines is 1. The Balaban J connectivity index is 1.53. The molecular weight excluding hydrogens is 286 g/mol. The number of halogens is 2. The van der Waals surface area contributed by atoms with Crippen molar-refractivity contribution in [3.63, 3.8) is 0 Å². The van der Waals surface area contributed by atoms with Gasteiger partial charge in [-0.05, 0) is 12.1 Å². The van der Waals surface area contributed by atoms with E-state index in [0.717, 1.165) is 37.8 Å². The summed E-state index contributed by atoms with van der Waals surface area (Å²) in [5.74, 6) is -0.768. The fraction of sp³-hybridized carbons (Fsp3) is 0.375. The molecule has 1 aromatic heterocycles. The maximum absolute atomic E-state index is 13.8. The Hall–Kier alpha value is -2.08. The molecule has 2 heterocycles. The minimum Gasteiger partial charge on any atom is -0.367 e. The summed E-state index contributed by atoms with van der Waals surface area (Å²) in [7, 11) is 0. The topological polar surface area (TPSA) is 32.3 Å². The molecule has 0 unspecified atom stereocenters. The lowest BCUT2D eigenvalue weighted by molar-refractivity contribution is 0.259. The van der Waals surface area contributed by atoms with Gasteiger partial charge in [0.1, 0.15) is 11.6 Å². The van der Waals surface area contributed by atoms with Crippen LogP contribution in [0.2, 0.25) is 0 Å². The van der Waals surface area contributed by atoms with E-state index in [1.165, 1.54) is 12.1 Å². The summed E-state index contributed by atoms with van der Waals surface area (Å²) >= 11 is 0. The molecule has 4 nitrogen and oxygen atoms in total. The van der Waals surface area contributed by atoms with Gasteiger partial charge in [-0.2, -0.15) is 0 Å². The maximum Gasteiger partial charge on any atom is 0.146 e. The van der Waals surface area contributed by atoms with E-state index in [2.05, 4.69) is 14.9 Å². The molecule has 116 valence electrons. The lowest BCUT2D eigenvalue weighted by atomic mass is 10.2. The number of nitrogens with zero attached hydrogens (tertiary/aromatic N) is 4. The smallest absolute Gasteiger partial charge is 0.146 e. The van der Waals surface area contributed by atoms with Gasteiger partial charge in [-0.25, -0.2) is 8.78 Å². The van der Waals surface area contributed by atoms with E-state index in [0.29, 0.717) is 18.8 Å². The fourth-order valence-corrected chi connectivity index (χ4v) is 2.67. The van der Waals surface area contributed by atoms with E-state index in [4.69, 9.17) is 0 Å². The van der Waals surface area contributed by atoms with Crippen molar-refractivity contribution in [2.24, 2.45) is 0 Å². The van der Waals surface area contributed by atoms with Crippen LogP contribution >= 0.6 is 0 Å².